The molecule has 0 aliphatic carbocycles. The maximum absolute atomic E-state index is 12.5. The highest BCUT2D eigenvalue weighted by Gasteiger charge is 2.31. The average molecular weight is 361 g/mol. The Labute approximate surface area is 125 Å². The SMILES string of the molecule is CC(C)N(CC(=O)O)S(=O)(=O)c1cccc(Br)c1C#N. The first-order valence-corrected chi connectivity index (χ1v) is 7.87. The van der Waals surface area contributed by atoms with E-state index in [0.29, 0.717) is 4.47 Å². The number of hydrogen-bond donors (Lipinski definition) is 1. The molecule has 0 aliphatic heterocycles. The predicted octanol–water partition coefficient (Wildman–Crippen LogP) is 1.80. The van der Waals surface area contributed by atoms with E-state index >= 15 is 0 Å². The van der Waals surface area contributed by atoms with Gasteiger partial charge in [0.2, 0.25) is 10.0 Å². The zero-order chi connectivity index (χ0) is 15.5. The summed E-state index contributed by atoms with van der Waals surface area (Å²) in [5, 5.41) is 17.9. The van der Waals surface area contributed by atoms with Crippen molar-refractivity contribution in [2.24, 2.45) is 0 Å². The molecule has 0 amide bonds. The Morgan fingerprint density at radius 3 is 2.55 bits per heavy atom. The summed E-state index contributed by atoms with van der Waals surface area (Å²) in [4.78, 5) is 10.6. The molecule has 20 heavy (non-hydrogen) atoms. The molecule has 8 heteroatoms. The van der Waals surface area contributed by atoms with Crippen LogP contribution in [0.5, 0.6) is 0 Å². The number of benzene rings is 1. The van der Waals surface area contributed by atoms with Gasteiger partial charge in [0, 0.05) is 10.5 Å². The van der Waals surface area contributed by atoms with Crippen molar-refractivity contribution in [1.29, 1.82) is 5.26 Å². The van der Waals surface area contributed by atoms with Gasteiger partial charge in [-0.15, -0.1) is 0 Å². The van der Waals surface area contributed by atoms with E-state index in [-0.39, 0.29) is 10.5 Å². The van der Waals surface area contributed by atoms with Gasteiger partial charge in [0.1, 0.15) is 17.5 Å². The molecule has 1 rings (SSSR count). The zero-order valence-electron chi connectivity index (χ0n) is 10.9. The molecule has 1 aromatic rings. The highest BCUT2D eigenvalue weighted by atomic mass is 79.9. The summed E-state index contributed by atoms with van der Waals surface area (Å²) in [6, 6.07) is 5.60. The molecule has 0 bridgehead atoms. The summed E-state index contributed by atoms with van der Waals surface area (Å²) >= 11 is 3.11. The summed E-state index contributed by atoms with van der Waals surface area (Å²) < 4.78 is 26.3. The van der Waals surface area contributed by atoms with Crippen molar-refractivity contribution in [3.63, 3.8) is 0 Å². The van der Waals surface area contributed by atoms with Crippen LogP contribution in [0, 0.1) is 11.3 Å². The molecular weight excluding hydrogens is 348 g/mol. The molecule has 0 radical (unpaired) electrons. The van der Waals surface area contributed by atoms with Crippen molar-refractivity contribution in [1.82, 2.24) is 4.31 Å². The molecule has 1 N–H and O–H groups in total. The minimum absolute atomic E-state index is 0.0384. The van der Waals surface area contributed by atoms with Crippen molar-refractivity contribution < 1.29 is 18.3 Å². The molecule has 0 saturated heterocycles. The quantitative estimate of drug-likeness (QED) is 0.862. The van der Waals surface area contributed by atoms with E-state index in [1.165, 1.54) is 12.1 Å². The number of nitrogens with zero attached hydrogens (tertiary/aromatic N) is 2. The summed E-state index contributed by atoms with van der Waals surface area (Å²) in [6.45, 7) is 2.49. The van der Waals surface area contributed by atoms with Gasteiger partial charge in [-0.05, 0) is 41.9 Å². The molecule has 0 saturated carbocycles. The number of sulfonamides is 1. The van der Waals surface area contributed by atoms with Gasteiger partial charge in [-0.3, -0.25) is 4.79 Å². The van der Waals surface area contributed by atoms with E-state index < -0.39 is 28.6 Å². The number of nitriles is 1. The minimum atomic E-state index is -4.06. The highest BCUT2D eigenvalue weighted by molar-refractivity contribution is 9.10. The normalized spacial score (nSPS) is 11.6. The Morgan fingerprint density at radius 2 is 2.10 bits per heavy atom. The van der Waals surface area contributed by atoms with Crippen molar-refractivity contribution in [2.45, 2.75) is 24.8 Å². The van der Waals surface area contributed by atoms with Crippen LogP contribution in [-0.4, -0.2) is 36.4 Å². The number of carboxylic acid groups (broad SMARTS) is 1. The maximum Gasteiger partial charge on any atom is 0.318 e. The Kier molecular flexibility index (Phi) is 5.28. The van der Waals surface area contributed by atoms with Gasteiger partial charge in [0.15, 0.2) is 0 Å². The van der Waals surface area contributed by atoms with Gasteiger partial charge in [-0.1, -0.05) is 6.07 Å². The van der Waals surface area contributed by atoms with Crippen LogP contribution in [0.4, 0.5) is 0 Å². The van der Waals surface area contributed by atoms with Gasteiger partial charge in [0.25, 0.3) is 0 Å². The molecule has 0 fully saturated rings. The van der Waals surface area contributed by atoms with Crippen molar-refractivity contribution in [3.8, 4) is 6.07 Å². The molecule has 108 valence electrons. The topological polar surface area (TPSA) is 98.5 Å². The third kappa shape index (κ3) is 3.36. The first kappa shape index (κ1) is 16.6. The lowest BCUT2D eigenvalue weighted by atomic mass is 10.2. The second-order valence-corrected chi connectivity index (χ2v) is 6.98. The van der Waals surface area contributed by atoms with Crippen molar-refractivity contribution >= 4 is 31.9 Å². The number of carboxylic acids is 1. The number of rotatable bonds is 5. The Hall–Kier alpha value is -1.43. The van der Waals surface area contributed by atoms with Crippen LogP contribution in [0.1, 0.15) is 19.4 Å². The molecule has 0 atom stereocenters. The second kappa shape index (κ2) is 6.35. The van der Waals surface area contributed by atoms with Crippen LogP contribution in [0.25, 0.3) is 0 Å². The van der Waals surface area contributed by atoms with Crippen LogP contribution >= 0.6 is 15.9 Å². The Balaban J connectivity index is 3.46. The van der Waals surface area contributed by atoms with Gasteiger partial charge in [0.05, 0.1) is 5.56 Å². The molecule has 1 aromatic carbocycles. The standard InChI is InChI=1S/C12H13BrN2O4S/c1-8(2)15(7-12(16)17)20(18,19)11-5-3-4-10(13)9(11)6-14/h3-5,8H,7H2,1-2H3,(H,16,17). The fourth-order valence-electron chi connectivity index (χ4n) is 1.63. The molecule has 0 spiro atoms. The molecule has 0 aliphatic rings. The number of carbonyl (C=O) groups is 1. The number of halogens is 1. The van der Waals surface area contributed by atoms with E-state index in [1.807, 2.05) is 6.07 Å². The molecule has 0 heterocycles. The summed E-state index contributed by atoms with van der Waals surface area (Å²) in [5.41, 5.74) is -0.0384. The molecule has 6 nitrogen and oxygen atoms in total. The molecule has 0 aromatic heterocycles. The maximum atomic E-state index is 12.5. The van der Waals surface area contributed by atoms with Gasteiger partial charge < -0.3 is 5.11 Å². The largest absolute Gasteiger partial charge is 0.480 e. The number of aliphatic carboxylic acids is 1. The van der Waals surface area contributed by atoms with Crippen LogP contribution in [-0.2, 0) is 14.8 Å². The van der Waals surface area contributed by atoms with Crippen molar-refractivity contribution in [2.75, 3.05) is 6.54 Å². The first-order valence-electron chi connectivity index (χ1n) is 5.64. The van der Waals surface area contributed by atoms with Crippen LogP contribution in [0.3, 0.4) is 0 Å². The zero-order valence-corrected chi connectivity index (χ0v) is 13.3. The average Bonchev–Trinajstić information content (AvgIpc) is 2.34. The number of hydrogen-bond acceptors (Lipinski definition) is 4. The predicted molar refractivity (Wildman–Crippen MR) is 75.5 cm³/mol. The van der Waals surface area contributed by atoms with Crippen LogP contribution in [0.2, 0.25) is 0 Å². The van der Waals surface area contributed by atoms with E-state index in [9.17, 15) is 13.2 Å². The monoisotopic (exact) mass is 360 g/mol. The first-order chi connectivity index (χ1) is 9.21. The minimum Gasteiger partial charge on any atom is -0.480 e. The van der Waals surface area contributed by atoms with E-state index in [0.717, 1.165) is 4.31 Å². The summed E-state index contributed by atoms with van der Waals surface area (Å²) in [5.74, 6) is -1.25. The fraction of sp³-hybridized carbons (Fsp3) is 0.333. The van der Waals surface area contributed by atoms with E-state index in [1.54, 1.807) is 19.9 Å². The summed E-state index contributed by atoms with van der Waals surface area (Å²) in [7, 11) is -4.06. The van der Waals surface area contributed by atoms with E-state index in [4.69, 9.17) is 10.4 Å². The lowest BCUT2D eigenvalue weighted by molar-refractivity contribution is -0.137. The fourth-order valence-corrected chi connectivity index (χ4v) is 3.97. The lowest BCUT2D eigenvalue weighted by Crippen LogP contribution is -2.40. The van der Waals surface area contributed by atoms with Gasteiger partial charge in [-0.25, -0.2) is 8.42 Å². The van der Waals surface area contributed by atoms with E-state index in [2.05, 4.69) is 15.9 Å². The third-order valence-electron chi connectivity index (χ3n) is 2.54. The Bertz CT molecular complexity index is 665. The Morgan fingerprint density at radius 1 is 1.50 bits per heavy atom. The van der Waals surface area contributed by atoms with Gasteiger partial charge in [-0.2, -0.15) is 9.57 Å². The third-order valence-corrected chi connectivity index (χ3v) is 5.27. The van der Waals surface area contributed by atoms with Crippen LogP contribution in [0.15, 0.2) is 27.6 Å². The van der Waals surface area contributed by atoms with Crippen molar-refractivity contribution in [3.05, 3.63) is 28.2 Å². The smallest absolute Gasteiger partial charge is 0.318 e. The molecule has 0 unspecified atom stereocenters. The highest BCUT2D eigenvalue weighted by Crippen LogP contribution is 2.27. The second-order valence-electron chi connectivity index (χ2n) is 4.26. The summed E-state index contributed by atoms with van der Waals surface area (Å²) in [6.07, 6.45) is 0. The lowest BCUT2D eigenvalue weighted by Gasteiger charge is -2.24. The molecular formula is C12H13BrN2O4S. The van der Waals surface area contributed by atoms with Crippen LogP contribution < -0.4 is 0 Å². The van der Waals surface area contributed by atoms with Gasteiger partial charge >= 0.3 is 5.97 Å².